The summed E-state index contributed by atoms with van der Waals surface area (Å²) in [4.78, 5) is 4.04. The van der Waals surface area contributed by atoms with E-state index in [0.717, 1.165) is 0 Å². The van der Waals surface area contributed by atoms with E-state index in [1.54, 1.807) is 30.5 Å². The number of hydrogen-bond donors (Lipinski definition) is 1. The molecule has 1 heterocycles. The summed E-state index contributed by atoms with van der Waals surface area (Å²) in [7, 11) is 2.81. The van der Waals surface area contributed by atoms with E-state index in [9.17, 15) is 4.39 Å². The van der Waals surface area contributed by atoms with Gasteiger partial charge in [-0.3, -0.25) is 0 Å². The molecule has 1 aromatic heterocycles. The largest absolute Gasteiger partial charge is 0.338 e. The third kappa shape index (κ3) is 14.2. The highest BCUT2D eigenvalue weighted by molar-refractivity contribution is 7.16. The van der Waals surface area contributed by atoms with Gasteiger partial charge in [-0.2, -0.15) is 0 Å². The van der Waals surface area contributed by atoms with Crippen molar-refractivity contribution in [1.82, 2.24) is 4.98 Å². The number of para-hydroxylation sites is 1. The van der Waals surface area contributed by atoms with Crippen LogP contribution in [0.1, 0.15) is 84.0 Å². The number of unbranched alkanes of at least 4 members (excludes halogenated alkanes) is 11. The lowest BCUT2D eigenvalue weighted by molar-refractivity contribution is 0.548. The van der Waals surface area contributed by atoms with Crippen molar-refractivity contribution in [2.24, 2.45) is 0 Å². The SMILES string of the molecule is CCCCCCCCCCCCCCP.Fc1ccccc1Nc1ccccn1. The van der Waals surface area contributed by atoms with Crippen LogP contribution < -0.4 is 5.32 Å². The van der Waals surface area contributed by atoms with Gasteiger partial charge in [0.2, 0.25) is 0 Å². The highest BCUT2D eigenvalue weighted by Gasteiger charge is 2.00. The zero-order valence-corrected chi connectivity index (χ0v) is 19.4. The number of nitrogens with zero attached hydrogens (tertiary/aromatic N) is 1. The number of pyridine rings is 1. The lowest BCUT2D eigenvalue weighted by Gasteiger charge is -2.05. The first-order valence-electron chi connectivity index (χ1n) is 11.4. The first kappa shape index (κ1) is 25.6. The monoisotopic (exact) mass is 418 g/mol. The average molecular weight is 419 g/mol. The summed E-state index contributed by atoms with van der Waals surface area (Å²) in [6.45, 7) is 2.29. The topological polar surface area (TPSA) is 24.9 Å². The Balaban J connectivity index is 0.000000290. The summed E-state index contributed by atoms with van der Waals surface area (Å²) in [5.74, 6) is 0.357. The summed E-state index contributed by atoms with van der Waals surface area (Å²) in [6.07, 6.45) is 20.4. The molecule has 0 aliphatic rings. The van der Waals surface area contributed by atoms with Crippen molar-refractivity contribution in [3.05, 3.63) is 54.5 Å². The van der Waals surface area contributed by atoms with E-state index >= 15 is 0 Å². The number of anilines is 2. The smallest absolute Gasteiger partial charge is 0.146 e. The molecule has 0 saturated carbocycles. The quantitative estimate of drug-likeness (QED) is 0.246. The van der Waals surface area contributed by atoms with Crippen LogP contribution in [0.25, 0.3) is 0 Å². The van der Waals surface area contributed by atoms with Gasteiger partial charge in [0.1, 0.15) is 11.6 Å². The maximum Gasteiger partial charge on any atom is 0.146 e. The normalized spacial score (nSPS) is 10.3. The number of aromatic nitrogens is 1. The second-order valence-electron chi connectivity index (χ2n) is 7.50. The second-order valence-corrected chi connectivity index (χ2v) is 8.07. The summed E-state index contributed by atoms with van der Waals surface area (Å²) < 4.78 is 13.2. The first-order valence-corrected chi connectivity index (χ1v) is 12.2. The van der Waals surface area contributed by atoms with E-state index in [0.29, 0.717) is 11.5 Å². The van der Waals surface area contributed by atoms with Crippen LogP contribution in [0.15, 0.2) is 48.7 Å². The van der Waals surface area contributed by atoms with Crippen LogP contribution in [0.5, 0.6) is 0 Å². The molecule has 1 N–H and O–H groups in total. The molecule has 29 heavy (non-hydrogen) atoms. The van der Waals surface area contributed by atoms with Crippen LogP contribution in [-0.2, 0) is 0 Å². The fraction of sp³-hybridized carbons (Fsp3) is 0.560. The van der Waals surface area contributed by atoms with Gasteiger partial charge in [0, 0.05) is 6.20 Å². The van der Waals surface area contributed by atoms with Gasteiger partial charge < -0.3 is 5.32 Å². The van der Waals surface area contributed by atoms with Crippen LogP contribution in [0.4, 0.5) is 15.9 Å². The van der Waals surface area contributed by atoms with Crippen LogP contribution in [0, 0.1) is 5.82 Å². The van der Waals surface area contributed by atoms with Crippen molar-refractivity contribution in [1.29, 1.82) is 0 Å². The Kier molecular flexibility index (Phi) is 16.4. The number of nitrogens with one attached hydrogen (secondary N) is 1. The van der Waals surface area contributed by atoms with Crippen LogP contribution in [-0.4, -0.2) is 11.1 Å². The minimum absolute atomic E-state index is 0.279. The maximum absolute atomic E-state index is 13.2. The van der Waals surface area contributed by atoms with Gasteiger partial charge in [0.05, 0.1) is 5.69 Å². The predicted molar refractivity (Wildman–Crippen MR) is 130 cm³/mol. The lowest BCUT2D eigenvalue weighted by atomic mass is 10.1. The van der Waals surface area contributed by atoms with E-state index in [4.69, 9.17) is 0 Å². The summed E-state index contributed by atoms with van der Waals surface area (Å²) in [6, 6.07) is 11.9. The minimum Gasteiger partial charge on any atom is -0.338 e. The van der Waals surface area contributed by atoms with E-state index in [2.05, 4.69) is 26.5 Å². The Bertz CT molecular complexity index is 595. The molecule has 0 spiro atoms. The summed E-state index contributed by atoms with van der Waals surface area (Å²) in [5, 5.41) is 2.89. The van der Waals surface area contributed by atoms with Gasteiger partial charge in [0.25, 0.3) is 0 Å². The molecule has 1 unspecified atom stereocenters. The number of halogens is 1. The van der Waals surface area contributed by atoms with Gasteiger partial charge >= 0.3 is 0 Å². The molecular formula is C25H40FN2P. The van der Waals surface area contributed by atoms with Crippen molar-refractivity contribution in [2.75, 3.05) is 11.5 Å². The average Bonchev–Trinajstić information content (AvgIpc) is 2.75. The van der Waals surface area contributed by atoms with Crippen molar-refractivity contribution in [3.63, 3.8) is 0 Å². The third-order valence-corrected chi connectivity index (χ3v) is 5.27. The highest BCUT2D eigenvalue weighted by Crippen LogP contribution is 2.17. The van der Waals surface area contributed by atoms with E-state index < -0.39 is 0 Å². The second kappa shape index (κ2) is 18.6. The van der Waals surface area contributed by atoms with Crippen LogP contribution in [0.3, 0.4) is 0 Å². The molecule has 2 aromatic rings. The molecular weight excluding hydrogens is 378 g/mol. The molecule has 0 radical (unpaired) electrons. The van der Waals surface area contributed by atoms with Gasteiger partial charge in [-0.15, -0.1) is 9.24 Å². The number of benzene rings is 1. The minimum atomic E-state index is -0.279. The molecule has 4 heteroatoms. The third-order valence-electron chi connectivity index (χ3n) is 4.86. The van der Waals surface area contributed by atoms with Crippen molar-refractivity contribution in [2.45, 2.75) is 84.0 Å². The summed E-state index contributed by atoms with van der Waals surface area (Å²) >= 11 is 0. The molecule has 1 aromatic carbocycles. The molecule has 0 aliphatic carbocycles. The zero-order chi connectivity index (χ0) is 21.0. The molecule has 0 saturated heterocycles. The number of hydrogen-bond acceptors (Lipinski definition) is 2. The molecule has 0 bridgehead atoms. The molecule has 2 nitrogen and oxygen atoms in total. The van der Waals surface area contributed by atoms with E-state index in [1.807, 2.05) is 12.1 Å². The summed E-state index contributed by atoms with van der Waals surface area (Å²) in [5.41, 5.74) is 0.436. The van der Waals surface area contributed by atoms with Crippen molar-refractivity contribution < 1.29 is 4.39 Å². The van der Waals surface area contributed by atoms with E-state index in [1.165, 1.54) is 89.3 Å². The highest BCUT2D eigenvalue weighted by atomic mass is 31.0. The Morgan fingerprint density at radius 1 is 0.759 bits per heavy atom. The molecule has 162 valence electrons. The van der Waals surface area contributed by atoms with Gasteiger partial charge in [-0.25, -0.2) is 9.37 Å². The van der Waals surface area contributed by atoms with Gasteiger partial charge in [-0.05, 0) is 36.8 Å². The lowest BCUT2D eigenvalue weighted by Crippen LogP contribution is -1.94. The van der Waals surface area contributed by atoms with E-state index in [-0.39, 0.29) is 5.82 Å². The zero-order valence-electron chi connectivity index (χ0n) is 18.2. The maximum atomic E-state index is 13.2. The van der Waals surface area contributed by atoms with Crippen molar-refractivity contribution >= 4 is 20.7 Å². The van der Waals surface area contributed by atoms with Gasteiger partial charge in [0.15, 0.2) is 0 Å². The Morgan fingerprint density at radius 3 is 1.83 bits per heavy atom. The first-order chi connectivity index (χ1) is 14.3. The molecule has 0 fully saturated rings. The Hall–Kier alpha value is -1.47. The fourth-order valence-electron chi connectivity index (χ4n) is 3.12. The van der Waals surface area contributed by atoms with Crippen LogP contribution in [0.2, 0.25) is 0 Å². The predicted octanol–water partition coefficient (Wildman–Crippen LogP) is 8.53. The number of rotatable bonds is 14. The Labute approximate surface area is 180 Å². The molecule has 0 amide bonds. The van der Waals surface area contributed by atoms with Crippen molar-refractivity contribution in [3.8, 4) is 0 Å². The molecule has 0 aliphatic heterocycles. The molecule has 1 atom stereocenters. The van der Waals surface area contributed by atoms with Crippen LogP contribution >= 0.6 is 9.24 Å². The standard InChI is InChI=1S/C14H31P.C11H9FN2/c1-2-3-4-5-6-7-8-9-10-11-12-13-14-15;12-9-5-1-2-6-10(9)14-11-7-3-4-8-13-11/h2-15H2,1H3;1-8H,(H,13,14). The molecule has 2 rings (SSSR count). The Morgan fingerprint density at radius 2 is 1.31 bits per heavy atom. The van der Waals surface area contributed by atoms with Gasteiger partial charge in [-0.1, -0.05) is 95.8 Å². The fourth-order valence-corrected chi connectivity index (χ4v) is 3.41.